The van der Waals surface area contributed by atoms with Crippen LogP contribution in [0.3, 0.4) is 0 Å². The smallest absolute Gasteiger partial charge is 0.119 e. The third kappa shape index (κ3) is 4.82. The molecule has 0 aromatic heterocycles. The number of ether oxygens (including phenoxy) is 1. The van der Waals surface area contributed by atoms with Gasteiger partial charge in [-0.1, -0.05) is 44.2 Å². The predicted octanol–water partition coefficient (Wildman–Crippen LogP) is 4.85. The zero-order valence-electron chi connectivity index (χ0n) is 13.0. The molecule has 0 amide bonds. The van der Waals surface area contributed by atoms with Crippen molar-refractivity contribution in [2.24, 2.45) is 0 Å². The molecule has 1 N–H and O–H groups in total. The molecule has 1 saturated carbocycles. The van der Waals surface area contributed by atoms with Gasteiger partial charge in [-0.3, -0.25) is 0 Å². The van der Waals surface area contributed by atoms with E-state index in [-0.39, 0.29) is 0 Å². The molecule has 0 bridgehead atoms. The van der Waals surface area contributed by atoms with Crippen LogP contribution in [0.2, 0.25) is 0 Å². The maximum Gasteiger partial charge on any atom is 0.119 e. The highest BCUT2D eigenvalue weighted by molar-refractivity contribution is 5.29. The molecule has 1 aromatic rings. The zero-order chi connectivity index (χ0) is 14.2. The molecule has 1 atom stereocenters. The van der Waals surface area contributed by atoms with Crippen LogP contribution in [0.4, 0.5) is 0 Å². The van der Waals surface area contributed by atoms with Crippen molar-refractivity contribution in [3.8, 4) is 5.75 Å². The van der Waals surface area contributed by atoms with Crippen LogP contribution in [0.25, 0.3) is 0 Å². The second-order valence-electron chi connectivity index (χ2n) is 5.93. The van der Waals surface area contributed by atoms with Gasteiger partial charge in [0.05, 0.1) is 6.61 Å². The first kappa shape index (κ1) is 15.4. The van der Waals surface area contributed by atoms with E-state index in [1.165, 1.54) is 50.5 Å². The average molecular weight is 275 g/mol. The van der Waals surface area contributed by atoms with Crippen molar-refractivity contribution in [1.29, 1.82) is 0 Å². The van der Waals surface area contributed by atoms with E-state index < -0.39 is 0 Å². The molecule has 20 heavy (non-hydrogen) atoms. The molecule has 1 fully saturated rings. The number of rotatable bonds is 5. The van der Waals surface area contributed by atoms with E-state index in [1.54, 1.807) is 0 Å². The fourth-order valence-corrected chi connectivity index (χ4v) is 3.09. The van der Waals surface area contributed by atoms with E-state index in [2.05, 4.69) is 36.5 Å². The van der Waals surface area contributed by atoms with Crippen molar-refractivity contribution >= 4 is 0 Å². The molecular formula is C18H29NO. The maximum absolute atomic E-state index is 5.50. The van der Waals surface area contributed by atoms with E-state index >= 15 is 0 Å². The van der Waals surface area contributed by atoms with Gasteiger partial charge in [0.15, 0.2) is 0 Å². The highest BCUT2D eigenvalue weighted by Gasteiger charge is 2.14. The van der Waals surface area contributed by atoms with E-state index in [4.69, 9.17) is 4.74 Å². The van der Waals surface area contributed by atoms with Crippen LogP contribution in [-0.4, -0.2) is 12.6 Å². The van der Waals surface area contributed by atoms with Crippen molar-refractivity contribution in [1.82, 2.24) is 5.32 Å². The lowest BCUT2D eigenvalue weighted by atomic mass is 9.95. The van der Waals surface area contributed by atoms with E-state index in [0.29, 0.717) is 12.1 Å². The summed E-state index contributed by atoms with van der Waals surface area (Å²) < 4.78 is 5.50. The van der Waals surface area contributed by atoms with Gasteiger partial charge in [-0.15, -0.1) is 0 Å². The lowest BCUT2D eigenvalue weighted by Crippen LogP contribution is -2.32. The second kappa shape index (κ2) is 8.31. The maximum atomic E-state index is 5.50. The normalized spacial score (nSPS) is 19.1. The Labute approximate surface area is 123 Å². The van der Waals surface area contributed by atoms with Crippen LogP contribution in [0, 0.1) is 0 Å². The molecule has 0 radical (unpaired) electrons. The molecule has 0 heterocycles. The van der Waals surface area contributed by atoms with Gasteiger partial charge in [0.2, 0.25) is 0 Å². The Morgan fingerprint density at radius 2 is 1.65 bits per heavy atom. The summed E-state index contributed by atoms with van der Waals surface area (Å²) in [4.78, 5) is 0. The molecule has 2 nitrogen and oxygen atoms in total. The number of hydrogen-bond donors (Lipinski definition) is 1. The Morgan fingerprint density at radius 3 is 2.25 bits per heavy atom. The van der Waals surface area contributed by atoms with Crippen molar-refractivity contribution in [2.75, 3.05) is 6.61 Å². The van der Waals surface area contributed by atoms with Crippen molar-refractivity contribution in [3.63, 3.8) is 0 Å². The molecule has 1 aliphatic rings. The molecule has 0 saturated heterocycles. The third-order valence-electron chi connectivity index (χ3n) is 4.28. The van der Waals surface area contributed by atoms with Gasteiger partial charge in [-0.2, -0.15) is 0 Å². The Kier molecular flexibility index (Phi) is 6.38. The van der Waals surface area contributed by atoms with E-state index in [9.17, 15) is 0 Å². The Balaban J connectivity index is 1.87. The van der Waals surface area contributed by atoms with Crippen molar-refractivity contribution in [2.45, 2.75) is 70.9 Å². The SMILES string of the molecule is CCOc1ccc(C(C)NC2CCCCCCC2)cc1. The third-order valence-corrected chi connectivity index (χ3v) is 4.28. The second-order valence-corrected chi connectivity index (χ2v) is 5.93. The summed E-state index contributed by atoms with van der Waals surface area (Å²) in [6.45, 7) is 5.02. The molecule has 2 rings (SSSR count). The lowest BCUT2D eigenvalue weighted by molar-refractivity contribution is 0.339. The number of hydrogen-bond acceptors (Lipinski definition) is 2. The van der Waals surface area contributed by atoms with Crippen LogP contribution in [0.1, 0.15) is 70.4 Å². The average Bonchev–Trinajstić information content (AvgIpc) is 2.43. The Morgan fingerprint density at radius 1 is 1.05 bits per heavy atom. The van der Waals surface area contributed by atoms with Gasteiger partial charge in [0, 0.05) is 12.1 Å². The van der Waals surface area contributed by atoms with Gasteiger partial charge in [0.1, 0.15) is 5.75 Å². The topological polar surface area (TPSA) is 21.3 Å². The summed E-state index contributed by atoms with van der Waals surface area (Å²) in [7, 11) is 0. The first-order valence-corrected chi connectivity index (χ1v) is 8.28. The molecule has 2 heteroatoms. The minimum Gasteiger partial charge on any atom is -0.494 e. The first-order chi connectivity index (χ1) is 9.79. The van der Waals surface area contributed by atoms with Crippen molar-refractivity contribution < 1.29 is 4.74 Å². The van der Waals surface area contributed by atoms with E-state index in [0.717, 1.165) is 12.4 Å². The van der Waals surface area contributed by atoms with Gasteiger partial charge in [0.25, 0.3) is 0 Å². The van der Waals surface area contributed by atoms with Gasteiger partial charge in [-0.25, -0.2) is 0 Å². The van der Waals surface area contributed by atoms with Crippen LogP contribution in [0.5, 0.6) is 5.75 Å². The fourth-order valence-electron chi connectivity index (χ4n) is 3.09. The minimum atomic E-state index is 0.426. The molecule has 0 spiro atoms. The zero-order valence-corrected chi connectivity index (χ0v) is 13.0. The largest absolute Gasteiger partial charge is 0.494 e. The van der Waals surface area contributed by atoms with Gasteiger partial charge < -0.3 is 10.1 Å². The summed E-state index contributed by atoms with van der Waals surface area (Å²) in [6, 6.07) is 9.65. The Bertz CT molecular complexity index is 366. The summed E-state index contributed by atoms with van der Waals surface area (Å²) in [5, 5.41) is 3.81. The van der Waals surface area contributed by atoms with Crippen LogP contribution >= 0.6 is 0 Å². The molecule has 112 valence electrons. The fraction of sp³-hybridized carbons (Fsp3) is 0.667. The highest BCUT2D eigenvalue weighted by Crippen LogP contribution is 2.22. The summed E-state index contributed by atoms with van der Waals surface area (Å²) >= 11 is 0. The standard InChI is InChI=1S/C18H29NO/c1-3-20-18-13-11-16(12-14-18)15(2)19-17-9-7-5-4-6-8-10-17/h11-15,17,19H,3-10H2,1-2H3. The molecule has 1 unspecified atom stereocenters. The summed E-state index contributed by atoms with van der Waals surface area (Å²) in [5.41, 5.74) is 1.36. The summed E-state index contributed by atoms with van der Waals surface area (Å²) in [5.74, 6) is 0.967. The van der Waals surface area contributed by atoms with Gasteiger partial charge >= 0.3 is 0 Å². The summed E-state index contributed by atoms with van der Waals surface area (Å²) in [6.07, 6.45) is 9.69. The first-order valence-electron chi connectivity index (χ1n) is 8.28. The van der Waals surface area contributed by atoms with Gasteiger partial charge in [-0.05, 0) is 44.4 Å². The van der Waals surface area contributed by atoms with Crippen LogP contribution in [-0.2, 0) is 0 Å². The Hall–Kier alpha value is -1.02. The highest BCUT2D eigenvalue weighted by atomic mass is 16.5. The molecular weight excluding hydrogens is 246 g/mol. The predicted molar refractivity (Wildman–Crippen MR) is 85.3 cm³/mol. The number of nitrogens with one attached hydrogen (secondary N) is 1. The van der Waals surface area contributed by atoms with Crippen LogP contribution < -0.4 is 10.1 Å². The molecule has 0 aliphatic heterocycles. The molecule has 1 aliphatic carbocycles. The number of benzene rings is 1. The lowest BCUT2D eigenvalue weighted by Gasteiger charge is -2.25. The minimum absolute atomic E-state index is 0.426. The monoisotopic (exact) mass is 275 g/mol. The van der Waals surface area contributed by atoms with Crippen LogP contribution in [0.15, 0.2) is 24.3 Å². The van der Waals surface area contributed by atoms with Crippen molar-refractivity contribution in [3.05, 3.63) is 29.8 Å². The molecule has 1 aromatic carbocycles. The van der Waals surface area contributed by atoms with E-state index in [1.807, 2.05) is 6.92 Å². The quantitative estimate of drug-likeness (QED) is 0.829.